The summed E-state index contributed by atoms with van der Waals surface area (Å²) in [4.78, 5) is 26.7. The maximum absolute atomic E-state index is 12.4. The van der Waals surface area contributed by atoms with Crippen LogP contribution in [0.2, 0.25) is 5.02 Å². The summed E-state index contributed by atoms with van der Waals surface area (Å²) < 4.78 is 0. The van der Waals surface area contributed by atoms with Crippen molar-refractivity contribution in [3.05, 3.63) is 29.3 Å². The van der Waals surface area contributed by atoms with Crippen LogP contribution in [-0.4, -0.2) is 42.4 Å². The normalized spacial score (nSPS) is 17.1. The van der Waals surface area contributed by atoms with Gasteiger partial charge < -0.3 is 10.6 Å². The molecule has 1 heterocycles. The number of nitrogens with one attached hydrogen (secondary N) is 2. The molecule has 1 saturated heterocycles. The van der Waals surface area contributed by atoms with Crippen molar-refractivity contribution in [2.45, 2.75) is 45.6 Å². The Morgan fingerprint density at radius 2 is 1.88 bits per heavy atom. The number of halogens is 1. The summed E-state index contributed by atoms with van der Waals surface area (Å²) in [6.07, 6.45) is 3.71. The number of amides is 2. The van der Waals surface area contributed by atoms with Gasteiger partial charge >= 0.3 is 0 Å². The first-order valence-corrected chi connectivity index (χ1v) is 9.47. The molecule has 1 atom stereocenters. The van der Waals surface area contributed by atoms with Crippen LogP contribution in [0.1, 0.15) is 39.5 Å². The molecular weight excluding hydrogens is 338 g/mol. The Hall–Kier alpha value is -1.59. The van der Waals surface area contributed by atoms with Crippen LogP contribution in [0.5, 0.6) is 0 Å². The second kappa shape index (κ2) is 9.78. The van der Waals surface area contributed by atoms with Crippen LogP contribution in [0.25, 0.3) is 0 Å². The lowest BCUT2D eigenvalue weighted by molar-refractivity contribution is -0.127. The number of unbranched alkanes of at least 4 members (excludes halogenated alkanes) is 1. The van der Waals surface area contributed by atoms with Gasteiger partial charge in [-0.15, -0.1) is 0 Å². The fourth-order valence-electron chi connectivity index (χ4n) is 3.03. The highest BCUT2D eigenvalue weighted by molar-refractivity contribution is 6.30. The number of anilines is 1. The van der Waals surface area contributed by atoms with Crippen LogP contribution < -0.4 is 10.6 Å². The van der Waals surface area contributed by atoms with Crippen LogP contribution in [0.3, 0.4) is 0 Å². The molecule has 2 rings (SSSR count). The van der Waals surface area contributed by atoms with Crippen LogP contribution in [0.4, 0.5) is 5.69 Å². The lowest BCUT2D eigenvalue weighted by atomic mass is 9.95. The van der Waals surface area contributed by atoms with Gasteiger partial charge in [0.05, 0.1) is 6.04 Å². The highest BCUT2D eigenvalue weighted by atomic mass is 35.5. The minimum atomic E-state index is -0.222. The number of likely N-dealkylation sites (tertiary alicyclic amines) is 1. The largest absolute Gasteiger partial charge is 0.356 e. The smallest absolute Gasteiger partial charge is 0.241 e. The number of nitrogens with zero attached hydrogens (tertiary/aromatic N) is 1. The summed E-state index contributed by atoms with van der Waals surface area (Å²) in [5, 5.41) is 6.57. The van der Waals surface area contributed by atoms with Crippen molar-refractivity contribution in [2.75, 3.05) is 25.0 Å². The van der Waals surface area contributed by atoms with E-state index < -0.39 is 0 Å². The molecule has 0 spiro atoms. The quantitative estimate of drug-likeness (QED) is 0.729. The zero-order valence-electron chi connectivity index (χ0n) is 15.1. The fraction of sp³-hybridized carbons (Fsp3) is 0.579. The maximum atomic E-state index is 12.4. The zero-order valence-corrected chi connectivity index (χ0v) is 15.8. The van der Waals surface area contributed by atoms with Crippen LogP contribution in [0.15, 0.2) is 24.3 Å². The Bertz CT molecular complexity index is 569. The zero-order chi connectivity index (χ0) is 18.2. The van der Waals surface area contributed by atoms with E-state index in [0.29, 0.717) is 5.02 Å². The second-order valence-corrected chi connectivity index (χ2v) is 7.06. The van der Waals surface area contributed by atoms with Gasteiger partial charge in [-0.3, -0.25) is 14.5 Å². The molecule has 1 aromatic rings. The van der Waals surface area contributed by atoms with Crippen molar-refractivity contribution in [1.29, 1.82) is 0 Å². The van der Waals surface area contributed by atoms with Gasteiger partial charge in [-0.05, 0) is 63.5 Å². The molecule has 138 valence electrons. The number of carbonyl (C=O) groups excluding carboxylic acids is 2. The predicted octanol–water partition coefficient (Wildman–Crippen LogP) is 3.30. The summed E-state index contributed by atoms with van der Waals surface area (Å²) in [7, 11) is 0. The molecule has 2 amide bonds. The fourth-order valence-corrected chi connectivity index (χ4v) is 3.15. The molecule has 1 fully saturated rings. The lowest BCUT2D eigenvalue weighted by Gasteiger charge is -2.34. The van der Waals surface area contributed by atoms with E-state index in [4.69, 9.17) is 11.6 Å². The molecule has 1 aromatic carbocycles. The molecule has 25 heavy (non-hydrogen) atoms. The first-order valence-electron chi connectivity index (χ1n) is 9.09. The minimum absolute atomic E-state index is 0.0341. The highest BCUT2D eigenvalue weighted by Crippen LogP contribution is 2.20. The standard InChI is InChI=1S/C19H28ClN3O2/c1-3-4-11-21-19(25)15-9-12-23(13-10-15)14(2)18(24)22-17-7-5-16(20)6-8-17/h5-8,14-15H,3-4,9-13H2,1-2H3,(H,21,25)(H,22,24)/t14-/m0/s1. The van der Waals surface area contributed by atoms with E-state index in [-0.39, 0.29) is 23.8 Å². The van der Waals surface area contributed by atoms with E-state index in [2.05, 4.69) is 22.5 Å². The number of hydrogen-bond donors (Lipinski definition) is 2. The van der Waals surface area contributed by atoms with Gasteiger partial charge in [0.1, 0.15) is 0 Å². The Morgan fingerprint density at radius 3 is 2.48 bits per heavy atom. The molecular formula is C19H28ClN3O2. The summed E-state index contributed by atoms with van der Waals surface area (Å²) in [6, 6.07) is 6.87. The first-order chi connectivity index (χ1) is 12.0. The Labute approximate surface area is 155 Å². The summed E-state index contributed by atoms with van der Waals surface area (Å²) in [5.41, 5.74) is 0.742. The third-order valence-corrected chi connectivity index (χ3v) is 5.02. The number of piperidine rings is 1. The molecule has 0 aliphatic carbocycles. The molecule has 0 unspecified atom stereocenters. The van der Waals surface area contributed by atoms with E-state index in [9.17, 15) is 9.59 Å². The molecule has 0 saturated carbocycles. The number of rotatable bonds is 7. The van der Waals surface area contributed by atoms with E-state index in [0.717, 1.165) is 51.0 Å². The van der Waals surface area contributed by atoms with E-state index >= 15 is 0 Å². The lowest BCUT2D eigenvalue weighted by Crippen LogP contribution is -2.48. The van der Waals surface area contributed by atoms with Gasteiger partial charge in [-0.25, -0.2) is 0 Å². The second-order valence-electron chi connectivity index (χ2n) is 6.63. The first kappa shape index (κ1) is 19.7. The average molecular weight is 366 g/mol. The van der Waals surface area contributed by atoms with Crippen molar-refractivity contribution in [1.82, 2.24) is 10.2 Å². The Kier molecular flexibility index (Phi) is 7.72. The average Bonchev–Trinajstić information content (AvgIpc) is 2.63. The highest BCUT2D eigenvalue weighted by Gasteiger charge is 2.29. The van der Waals surface area contributed by atoms with Crippen LogP contribution in [0, 0.1) is 5.92 Å². The third kappa shape index (κ3) is 6.01. The van der Waals surface area contributed by atoms with E-state index in [1.54, 1.807) is 24.3 Å². The van der Waals surface area contributed by atoms with Gasteiger partial charge in [0.25, 0.3) is 0 Å². The van der Waals surface area contributed by atoms with Crippen LogP contribution >= 0.6 is 11.6 Å². The van der Waals surface area contributed by atoms with Gasteiger partial charge in [0.15, 0.2) is 0 Å². The van der Waals surface area contributed by atoms with Crippen LogP contribution in [-0.2, 0) is 9.59 Å². The van der Waals surface area contributed by atoms with Gasteiger partial charge in [0, 0.05) is 23.2 Å². The number of hydrogen-bond acceptors (Lipinski definition) is 3. The molecule has 0 aromatic heterocycles. The predicted molar refractivity (Wildman–Crippen MR) is 102 cm³/mol. The van der Waals surface area contributed by atoms with Crippen molar-refractivity contribution >= 4 is 29.1 Å². The van der Waals surface area contributed by atoms with E-state index in [1.165, 1.54) is 0 Å². The van der Waals surface area contributed by atoms with Crippen molar-refractivity contribution in [3.63, 3.8) is 0 Å². The van der Waals surface area contributed by atoms with Gasteiger partial charge in [-0.1, -0.05) is 24.9 Å². The van der Waals surface area contributed by atoms with Crippen molar-refractivity contribution < 1.29 is 9.59 Å². The molecule has 2 N–H and O–H groups in total. The molecule has 0 bridgehead atoms. The Balaban J connectivity index is 1.78. The van der Waals surface area contributed by atoms with Gasteiger partial charge in [0.2, 0.25) is 11.8 Å². The van der Waals surface area contributed by atoms with Gasteiger partial charge in [-0.2, -0.15) is 0 Å². The minimum Gasteiger partial charge on any atom is -0.356 e. The van der Waals surface area contributed by atoms with E-state index in [1.807, 2.05) is 6.92 Å². The monoisotopic (exact) mass is 365 g/mol. The van der Waals surface area contributed by atoms with Crippen molar-refractivity contribution in [3.8, 4) is 0 Å². The summed E-state index contributed by atoms with van der Waals surface area (Å²) >= 11 is 5.86. The Morgan fingerprint density at radius 1 is 1.24 bits per heavy atom. The summed E-state index contributed by atoms with van der Waals surface area (Å²) in [5.74, 6) is 0.194. The summed E-state index contributed by atoms with van der Waals surface area (Å²) in [6.45, 7) is 6.31. The number of carbonyl (C=O) groups is 2. The molecule has 6 heteroatoms. The third-order valence-electron chi connectivity index (χ3n) is 4.77. The number of benzene rings is 1. The maximum Gasteiger partial charge on any atom is 0.241 e. The SMILES string of the molecule is CCCCNC(=O)C1CCN([C@@H](C)C(=O)Nc2ccc(Cl)cc2)CC1. The topological polar surface area (TPSA) is 61.4 Å². The molecule has 1 aliphatic heterocycles. The molecule has 0 radical (unpaired) electrons. The molecule has 1 aliphatic rings. The van der Waals surface area contributed by atoms with Crippen molar-refractivity contribution in [2.24, 2.45) is 5.92 Å². The molecule has 5 nitrogen and oxygen atoms in total.